The van der Waals surface area contributed by atoms with E-state index >= 15 is 0 Å². The second-order valence-electron chi connectivity index (χ2n) is 13.2. The first-order valence-corrected chi connectivity index (χ1v) is 16.5. The average molecular weight is 632 g/mol. The van der Waals surface area contributed by atoms with Crippen molar-refractivity contribution in [2.24, 2.45) is 0 Å². The molecule has 1 aliphatic rings. The number of furan rings is 2. The Bertz CT molecular complexity index is 2720. The van der Waals surface area contributed by atoms with Gasteiger partial charge in [-0.3, -0.25) is 0 Å². The molecule has 6 aromatic carbocycles. The van der Waals surface area contributed by atoms with Crippen LogP contribution in [0.2, 0.25) is 0 Å². The molecule has 0 radical (unpaired) electrons. The Balaban J connectivity index is 1.15. The van der Waals surface area contributed by atoms with E-state index in [9.17, 15) is 0 Å². The van der Waals surface area contributed by atoms with E-state index in [1.54, 1.807) is 0 Å². The lowest BCUT2D eigenvalue weighted by Crippen LogP contribution is -2.14. The number of hydrogen-bond acceptors (Lipinski definition) is 5. The first-order valence-electron chi connectivity index (χ1n) is 16.5. The van der Waals surface area contributed by atoms with Crippen LogP contribution >= 0.6 is 0 Å². The number of aromatic nitrogens is 3. The second kappa shape index (κ2) is 10.3. The number of rotatable bonds is 4. The molecule has 0 atom stereocenters. The van der Waals surface area contributed by atoms with Crippen molar-refractivity contribution < 1.29 is 8.83 Å². The van der Waals surface area contributed by atoms with Crippen LogP contribution in [0.3, 0.4) is 0 Å². The molecule has 232 valence electrons. The van der Waals surface area contributed by atoms with Gasteiger partial charge in [0.1, 0.15) is 22.5 Å². The molecule has 0 unspecified atom stereocenters. The van der Waals surface area contributed by atoms with Crippen molar-refractivity contribution in [2.75, 3.05) is 0 Å². The van der Waals surface area contributed by atoms with Gasteiger partial charge in [0.15, 0.2) is 17.5 Å². The van der Waals surface area contributed by atoms with Crippen LogP contribution in [0, 0.1) is 0 Å². The van der Waals surface area contributed by atoms with Gasteiger partial charge in [-0.25, -0.2) is 15.0 Å². The lowest BCUT2D eigenvalue weighted by molar-refractivity contribution is 0.631. The van der Waals surface area contributed by atoms with Gasteiger partial charge in [0.25, 0.3) is 0 Å². The summed E-state index contributed by atoms with van der Waals surface area (Å²) in [6, 6.07) is 47.9. The molecule has 10 rings (SSSR count). The number of para-hydroxylation sites is 2. The summed E-state index contributed by atoms with van der Waals surface area (Å²) < 4.78 is 12.4. The molecule has 0 N–H and O–H groups in total. The molecule has 3 heterocycles. The van der Waals surface area contributed by atoms with E-state index in [0.29, 0.717) is 17.5 Å². The lowest BCUT2D eigenvalue weighted by atomic mass is 9.82. The SMILES string of the molecule is CC1(C)c2ccccc2-c2c(-c3nc(-c4ccc(-c5cc6ccccc6o5)cc4)nc(-c4ccc5c(c4)oc4ccccc45)n3)cccc21. The van der Waals surface area contributed by atoms with E-state index in [1.165, 1.54) is 22.3 Å². The summed E-state index contributed by atoms with van der Waals surface area (Å²) in [5.74, 6) is 2.65. The van der Waals surface area contributed by atoms with E-state index in [1.807, 2.05) is 42.5 Å². The van der Waals surface area contributed by atoms with E-state index in [-0.39, 0.29) is 5.41 Å². The Morgan fingerprint density at radius 2 is 1.08 bits per heavy atom. The number of benzene rings is 6. The van der Waals surface area contributed by atoms with Crippen molar-refractivity contribution in [3.8, 4) is 56.6 Å². The monoisotopic (exact) mass is 631 g/mol. The molecule has 9 aromatic rings. The fourth-order valence-corrected chi connectivity index (χ4v) is 7.47. The Morgan fingerprint density at radius 3 is 1.94 bits per heavy atom. The highest BCUT2D eigenvalue weighted by Gasteiger charge is 2.37. The molecule has 0 aliphatic heterocycles. The van der Waals surface area contributed by atoms with E-state index in [2.05, 4.69) is 111 Å². The van der Waals surface area contributed by atoms with Crippen LogP contribution in [0.5, 0.6) is 0 Å². The zero-order valence-electron chi connectivity index (χ0n) is 26.9. The van der Waals surface area contributed by atoms with Crippen molar-refractivity contribution in [1.82, 2.24) is 15.0 Å². The highest BCUT2D eigenvalue weighted by Crippen LogP contribution is 2.51. The highest BCUT2D eigenvalue weighted by molar-refractivity contribution is 6.05. The summed E-state index contributed by atoms with van der Waals surface area (Å²) in [6.07, 6.45) is 0. The fraction of sp³-hybridized carbons (Fsp3) is 0.0682. The van der Waals surface area contributed by atoms with Gasteiger partial charge in [-0.05, 0) is 52.6 Å². The molecule has 0 saturated carbocycles. The zero-order chi connectivity index (χ0) is 32.7. The molecule has 0 amide bonds. The maximum Gasteiger partial charge on any atom is 0.164 e. The fourth-order valence-electron chi connectivity index (χ4n) is 7.47. The van der Waals surface area contributed by atoms with Crippen LogP contribution in [-0.4, -0.2) is 15.0 Å². The predicted octanol–water partition coefficient (Wildman–Crippen LogP) is 11.5. The smallest absolute Gasteiger partial charge is 0.164 e. The van der Waals surface area contributed by atoms with Gasteiger partial charge in [-0.2, -0.15) is 0 Å². The molecule has 0 spiro atoms. The minimum Gasteiger partial charge on any atom is -0.456 e. The molecule has 0 fully saturated rings. The first kappa shape index (κ1) is 27.8. The molecule has 1 aliphatic carbocycles. The number of nitrogens with zero attached hydrogens (tertiary/aromatic N) is 3. The van der Waals surface area contributed by atoms with Gasteiger partial charge in [0.05, 0.1) is 0 Å². The minimum atomic E-state index is -0.139. The average Bonchev–Trinajstić information content (AvgIpc) is 3.82. The van der Waals surface area contributed by atoms with Gasteiger partial charge in [-0.1, -0.05) is 123 Å². The predicted molar refractivity (Wildman–Crippen MR) is 196 cm³/mol. The summed E-state index contributed by atoms with van der Waals surface area (Å²) in [4.78, 5) is 15.4. The zero-order valence-corrected chi connectivity index (χ0v) is 26.9. The Morgan fingerprint density at radius 1 is 0.449 bits per heavy atom. The highest BCUT2D eigenvalue weighted by atomic mass is 16.3. The molecule has 0 saturated heterocycles. The molecule has 3 aromatic heterocycles. The normalized spacial score (nSPS) is 13.3. The maximum atomic E-state index is 6.26. The van der Waals surface area contributed by atoms with Gasteiger partial charge >= 0.3 is 0 Å². The standard InChI is InChI=1S/C44H29N3O2/c1-44(2)34-14-6-4-12-32(34)40-33(13-9-15-35(40)44)43-46-41(27-20-18-26(19-21-27)38-24-28-10-3-7-16-36(28)48-38)45-42(47-43)29-22-23-31-30-11-5-8-17-37(30)49-39(31)25-29/h3-25H,1-2H3. The largest absolute Gasteiger partial charge is 0.456 e. The first-order chi connectivity index (χ1) is 24.0. The Labute approximate surface area is 282 Å². The van der Waals surface area contributed by atoms with Gasteiger partial charge in [0, 0.05) is 43.8 Å². The molecular weight excluding hydrogens is 603 g/mol. The summed E-state index contributed by atoms with van der Waals surface area (Å²) in [5.41, 5.74) is 11.1. The van der Waals surface area contributed by atoms with Crippen LogP contribution in [0.15, 0.2) is 148 Å². The van der Waals surface area contributed by atoms with E-state index in [4.69, 9.17) is 23.8 Å². The number of hydrogen-bond donors (Lipinski definition) is 0. The third kappa shape index (κ3) is 4.29. The van der Waals surface area contributed by atoms with Crippen molar-refractivity contribution in [2.45, 2.75) is 19.3 Å². The van der Waals surface area contributed by atoms with Crippen LogP contribution in [0.25, 0.3) is 89.5 Å². The minimum absolute atomic E-state index is 0.139. The third-order valence-electron chi connectivity index (χ3n) is 9.97. The van der Waals surface area contributed by atoms with Crippen molar-refractivity contribution in [3.63, 3.8) is 0 Å². The molecule has 49 heavy (non-hydrogen) atoms. The molecular formula is C44H29N3O2. The molecule has 5 heteroatoms. The summed E-state index contributed by atoms with van der Waals surface area (Å²) >= 11 is 0. The summed E-state index contributed by atoms with van der Waals surface area (Å²) in [6.45, 7) is 4.58. The topological polar surface area (TPSA) is 65.0 Å². The van der Waals surface area contributed by atoms with Crippen molar-refractivity contribution in [3.05, 3.63) is 151 Å². The number of fused-ring (bicyclic) bond motifs is 7. The van der Waals surface area contributed by atoms with Crippen molar-refractivity contribution >= 4 is 32.9 Å². The summed E-state index contributed by atoms with van der Waals surface area (Å²) in [5, 5.41) is 3.23. The van der Waals surface area contributed by atoms with Gasteiger partial charge in [0.2, 0.25) is 0 Å². The second-order valence-corrected chi connectivity index (χ2v) is 13.2. The van der Waals surface area contributed by atoms with Crippen LogP contribution < -0.4 is 0 Å². The Hall–Kier alpha value is -6.33. The summed E-state index contributed by atoms with van der Waals surface area (Å²) in [7, 11) is 0. The quantitative estimate of drug-likeness (QED) is 0.193. The van der Waals surface area contributed by atoms with Crippen LogP contribution in [0.4, 0.5) is 0 Å². The Kier molecular flexibility index (Phi) is 5.85. The van der Waals surface area contributed by atoms with Crippen LogP contribution in [0.1, 0.15) is 25.0 Å². The third-order valence-corrected chi connectivity index (χ3v) is 9.97. The van der Waals surface area contributed by atoms with Crippen LogP contribution in [-0.2, 0) is 5.41 Å². The molecule has 0 bridgehead atoms. The van der Waals surface area contributed by atoms with Gasteiger partial charge in [-0.15, -0.1) is 0 Å². The van der Waals surface area contributed by atoms with Gasteiger partial charge < -0.3 is 8.83 Å². The molecule has 5 nitrogen and oxygen atoms in total. The lowest BCUT2D eigenvalue weighted by Gasteiger charge is -2.21. The van der Waals surface area contributed by atoms with E-state index < -0.39 is 0 Å². The maximum absolute atomic E-state index is 6.26. The van der Waals surface area contributed by atoms with E-state index in [0.717, 1.165) is 60.9 Å². The van der Waals surface area contributed by atoms with Crippen molar-refractivity contribution in [1.29, 1.82) is 0 Å².